The summed E-state index contributed by atoms with van der Waals surface area (Å²) in [7, 11) is -3.17. The summed E-state index contributed by atoms with van der Waals surface area (Å²) in [5, 5.41) is -0.387. The molecular formula is C13H18O3S. The Morgan fingerprint density at radius 3 is 2.00 bits per heavy atom. The van der Waals surface area contributed by atoms with Crippen LogP contribution >= 0.6 is 0 Å². The molecule has 1 aromatic carbocycles. The highest BCUT2D eigenvalue weighted by atomic mass is 32.2. The van der Waals surface area contributed by atoms with Gasteiger partial charge in [0, 0.05) is 0 Å². The lowest BCUT2D eigenvalue weighted by Gasteiger charge is -2.08. The van der Waals surface area contributed by atoms with Gasteiger partial charge in [0.05, 0.1) is 15.7 Å². The van der Waals surface area contributed by atoms with Crippen LogP contribution in [-0.4, -0.2) is 19.3 Å². The van der Waals surface area contributed by atoms with Crippen LogP contribution in [0.15, 0.2) is 29.2 Å². The van der Waals surface area contributed by atoms with Crippen LogP contribution in [0, 0.1) is 0 Å². The molecule has 3 nitrogen and oxygen atoms in total. The molecule has 1 saturated heterocycles. The third-order valence-electron chi connectivity index (χ3n) is 3.13. The summed E-state index contributed by atoms with van der Waals surface area (Å²) in [6.45, 7) is 7.43. The zero-order valence-corrected chi connectivity index (χ0v) is 11.4. The summed E-state index contributed by atoms with van der Waals surface area (Å²) < 4.78 is 29.4. The van der Waals surface area contributed by atoms with Gasteiger partial charge in [0.2, 0.25) is 0 Å². The third kappa shape index (κ3) is 2.24. The Morgan fingerprint density at radius 1 is 1.18 bits per heavy atom. The molecule has 1 heterocycles. The molecule has 1 atom stereocenters. The zero-order chi connectivity index (χ0) is 12.8. The van der Waals surface area contributed by atoms with Crippen LogP contribution in [0.1, 0.15) is 39.4 Å². The molecular weight excluding hydrogens is 236 g/mol. The first-order valence-corrected chi connectivity index (χ1v) is 7.31. The molecule has 0 saturated carbocycles. The summed E-state index contributed by atoms with van der Waals surface area (Å²) in [6.07, 6.45) is 0.0957. The molecule has 0 N–H and O–H groups in total. The highest BCUT2D eigenvalue weighted by molar-refractivity contribution is 7.92. The Hall–Kier alpha value is -0.870. The molecule has 2 rings (SSSR count). The topological polar surface area (TPSA) is 46.7 Å². The number of epoxide rings is 1. The van der Waals surface area contributed by atoms with E-state index in [1.165, 1.54) is 0 Å². The van der Waals surface area contributed by atoms with E-state index in [9.17, 15) is 8.42 Å². The molecule has 0 aliphatic carbocycles. The second kappa shape index (κ2) is 3.82. The van der Waals surface area contributed by atoms with Crippen LogP contribution in [0.5, 0.6) is 0 Å². The third-order valence-corrected chi connectivity index (χ3v) is 5.30. The Bertz CT molecular complexity index is 512. The molecule has 1 aliphatic rings. The van der Waals surface area contributed by atoms with Gasteiger partial charge in [-0.15, -0.1) is 0 Å². The van der Waals surface area contributed by atoms with Crippen molar-refractivity contribution >= 4 is 9.84 Å². The van der Waals surface area contributed by atoms with Crippen molar-refractivity contribution in [3.63, 3.8) is 0 Å². The Balaban J connectivity index is 2.26. The predicted octanol–water partition coefficient (Wildman–Crippen LogP) is 2.72. The molecule has 0 radical (unpaired) electrons. The van der Waals surface area contributed by atoms with Gasteiger partial charge in [-0.25, -0.2) is 8.42 Å². The highest BCUT2D eigenvalue weighted by Crippen LogP contribution is 2.48. The average Bonchev–Trinajstić information content (AvgIpc) is 2.88. The van der Waals surface area contributed by atoms with Gasteiger partial charge in [0.1, 0.15) is 6.10 Å². The van der Waals surface area contributed by atoms with Crippen LogP contribution in [-0.2, 0) is 14.6 Å². The average molecular weight is 254 g/mol. The number of ether oxygens (including phenoxy) is 1. The maximum absolute atomic E-state index is 11.9. The van der Waals surface area contributed by atoms with Gasteiger partial charge in [-0.3, -0.25) is 0 Å². The molecule has 1 aliphatic heterocycles. The molecule has 17 heavy (non-hydrogen) atoms. The maximum Gasteiger partial charge on any atom is 0.180 e. The summed E-state index contributed by atoms with van der Waals surface area (Å²) in [4.78, 5) is 0.384. The summed E-state index contributed by atoms with van der Waals surface area (Å²) in [5.74, 6) is 0. The number of benzene rings is 1. The second-order valence-electron chi connectivity index (χ2n) is 5.26. The van der Waals surface area contributed by atoms with E-state index in [0.717, 1.165) is 5.56 Å². The van der Waals surface area contributed by atoms with E-state index in [1.54, 1.807) is 26.0 Å². The monoisotopic (exact) mass is 254 g/mol. The van der Waals surface area contributed by atoms with E-state index in [4.69, 9.17) is 4.74 Å². The van der Waals surface area contributed by atoms with Gasteiger partial charge >= 0.3 is 0 Å². The second-order valence-corrected chi connectivity index (χ2v) is 7.77. The minimum Gasteiger partial charge on any atom is -0.362 e. The van der Waals surface area contributed by atoms with E-state index in [0.29, 0.717) is 4.90 Å². The minimum absolute atomic E-state index is 0.0957. The van der Waals surface area contributed by atoms with Gasteiger partial charge in [-0.05, 0) is 45.4 Å². The van der Waals surface area contributed by atoms with E-state index in [-0.39, 0.29) is 17.0 Å². The Kier molecular flexibility index (Phi) is 2.83. The number of hydrogen-bond donors (Lipinski definition) is 0. The van der Waals surface area contributed by atoms with Crippen molar-refractivity contribution in [3.05, 3.63) is 29.8 Å². The standard InChI is InChI=1S/C13H18O3S/c1-9(2)17(14,15)11-7-5-10(6-8-11)12-13(3,4)16-12/h5-9,12H,1-4H3. The normalized spacial score (nSPS) is 22.8. The lowest BCUT2D eigenvalue weighted by molar-refractivity contribution is 0.325. The van der Waals surface area contributed by atoms with Crippen molar-refractivity contribution in [2.75, 3.05) is 0 Å². The summed E-state index contributed by atoms with van der Waals surface area (Å²) >= 11 is 0. The van der Waals surface area contributed by atoms with Gasteiger partial charge in [0.15, 0.2) is 9.84 Å². The molecule has 1 fully saturated rings. The largest absolute Gasteiger partial charge is 0.362 e. The van der Waals surface area contributed by atoms with Crippen LogP contribution < -0.4 is 0 Å². The SMILES string of the molecule is CC(C)S(=O)(=O)c1ccc(C2OC2(C)C)cc1. The molecule has 0 amide bonds. The van der Waals surface area contributed by atoms with Crippen LogP contribution in [0.4, 0.5) is 0 Å². The van der Waals surface area contributed by atoms with Crippen LogP contribution in [0.3, 0.4) is 0 Å². The summed E-state index contributed by atoms with van der Waals surface area (Å²) in [5.41, 5.74) is 0.927. The smallest absolute Gasteiger partial charge is 0.180 e. The Morgan fingerprint density at radius 2 is 1.65 bits per heavy atom. The van der Waals surface area contributed by atoms with Crippen molar-refractivity contribution in [1.82, 2.24) is 0 Å². The van der Waals surface area contributed by atoms with Crippen molar-refractivity contribution in [2.24, 2.45) is 0 Å². The number of rotatable bonds is 3. The summed E-state index contributed by atoms with van der Waals surface area (Å²) in [6, 6.07) is 7.02. The zero-order valence-electron chi connectivity index (χ0n) is 10.6. The van der Waals surface area contributed by atoms with Crippen molar-refractivity contribution in [1.29, 1.82) is 0 Å². The van der Waals surface area contributed by atoms with Crippen molar-refractivity contribution < 1.29 is 13.2 Å². The fourth-order valence-electron chi connectivity index (χ4n) is 1.84. The quantitative estimate of drug-likeness (QED) is 0.779. The van der Waals surface area contributed by atoms with Crippen LogP contribution in [0.2, 0.25) is 0 Å². The van der Waals surface area contributed by atoms with Gasteiger partial charge in [0.25, 0.3) is 0 Å². The number of sulfone groups is 1. The molecule has 1 unspecified atom stereocenters. The van der Waals surface area contributed by atoms with E-state index >= 15 is 0 Å². The van der Waals surface area contributed by atoms with Crippen molar-refractivity contribution in [3.8, 4) is 0 Å². The van der Waals surface area contributed by atoms with Crippen LogP contribution in [0.25, 0.3) is 0 Å². The van der Waals surface area contributed by atoms with E-state index in [2.05, 4.69) is 0 Å². The lowest BCUT2D eigenvalue weighted by atomic mass is 10.0. The van der Waals surface area contributed by atoms with Gasteiger partial charge in [-0.2, -0.15) is 0 Å². The first-order valence-electron chi connectivity index (χ1n) is 5.77. The van der Waals surface area contributed by atoms with Crippen molar-refractivity contribution in [2.45, 2.75) is 49.5 Å². The molecule has 1 aromatic rings. The number of hydrogen-bond acceptors (Lipinski definition) is 3. The fourth-order valence-corrected chi connectivity index (χ4v) is 2.90. The molecule has 0 bridgehead atoms. The lowest BCUT2D eigenvalue weighted by Crippen LogP contribution is -2.13. The van der Waals surface area contributed by atoms with Gasteiger partial charge < -0.3 is 4.74 Å². The molecule has 4 heteroatoms. The Labute approximate surface area is 103 Å². The first kappa shape index (κ1) is 12.6. The first-order chi connectivity index (χ1) is 7.75. The predicted molar refractivity (Wildman–Crippen MR) is 66.7 cm³/mol. The molecule has 94 valence electrons. The van der Waals surface area contributed by atoms with E-state index < -0.39 is 9.84 Å². The molecule has 0 spiro atoms. The minimum atomic E-state index is -3.17. The van der Waals surface area contributed by atoms with E-state index in [1.807, 2.05) is 26.0 Å². The van der Waals surface area contributed by atoms with Gasteiger partial charge in [-0.1, -0.05) is 12.1 Å². The fraction of sp³-hybridized carbons (Fsp3) is 0.538. The molecule has 0 aromatic heterocycles. The highest BCUT2D eigenvalue weighted by Gasteiger charge is 2.48. The maximum atomic E-state index is 11.9.